The number of rotatable bonds is 8. The molecule has 0 bridgehead atoms. The Hall–Kier alpha value is -3.14. The van der Waals surface area contributed by atoms with E-state index in [0.29, 0.717) is 11.3 Å². The summed E-state index contributed by atoms with van der Waals surface area (Å²) in [6.07, 6.45) is 0.957. The van der Waals surface area contributed by atoms with Crippen LogP contribution >= 0.6 is 0 Å². The number of nitro benzene ring substituents is 1. The van der Waals surface area contributed by atoms with E-state index in [1.54, 1.807) is 38.1 Å². The standard InChI is InChI=1S/C20H25N3O6S/c1-13-10-11-16(23(25)26)12-18(13)22(30(5,27)28)15(3)20(24)21-14(2)17-8-6-7-9-19(17)29-4/h6-12,14-15H,1-5H3,(H,21,24). The van der Waals surface area contributed by atoms with Crippen LogP contribution < -0.4 is 14.4 Å². The fraction of sp³-hybridized carbons (Fsp3) is 0.350. The van der Waals surface area contributed by atoms with Crippen molar-refractivity contribution in [2.24, 2.45) is 0 Å². The van der Waals surface area contributed by atoms with Gasteiger partial charge >= 0.3 is 0 Å². The largest absolute Gasteiger partial charge is 0.496 e. The first-order valence-corrected chi connectivity index (χ1v) is 11.0. The van der Waals surface area contributed by atoms with Crippen molar-refractivity contribution in [1.29, 1.82) is 0 Å². The lowest BCUT2D eigenvalue weighted by molar-refractivity contribution is -0.384. The van der Waals surface area contributed by atoms with Crippen LogP contribution in [0.3, 0.4) is 0 Å². The summed E-state index contributed by atoms with van der Waals surface area (Å²) >= 11 is 0. The fourth-order valence-corrected chi connectivity index (χ4v) is 4.39. The minimum Gasteiger partial charge on any atom is -0.496 e. The number of hydrogen-bond donors (Lipinski definition) is 1. The van der Waals surface area contributed by atoms with E-state index in [9.17, 15) is 23.3 Å². The molecule has 2 unspecified atom stereocenters. The molecule has 0 aliphatic rings. The number of anilines is 1. The molecule has 0 spiro atoms. The highest BCUT2D eigenvalue weighted by Crippen LogP contribution is 2.30. The number of nitrogens with one attached hydrogen (secondary N) is 1. The summed E-state index contributed by atoms with van der Waals surface area (Å²) < 4.78 is 31.3. The molecule has 0 aliphatic carbocycles. The SMILES string of the molecule is COc1ccccc1C(C)NC(=O)C(C)N(c1cc([N+](=O)[O-])ccc1C)S(C)(=O)=O. The number of methoxy groups -OCH3 is 1. The van der Waals surface area contributed by atoms with E-state index >= 15 is 0 Å². The van der Waals surface area contributed by atoms with Crippen LogP contribution in [0.2, 0.25) is 0 Å². The number of carbonyl (C=O) groups is 1. The molecule has 0 radical (unpaired) electrons. The molecule has 2 aromatic carbocycles. The average Bonchev–Trinajstić information content (AvgIpc) is 2.68. The highest BCUT2D eigenvalue weighted by Gasteiger charge is 2.32. The van der Waals surface area contributed by atoms with Crippen LogP contribution in [-0.4, -0.2) is 38.7 Å². The van der Waals surface area contributed by atoms with Gasteiger partial charge in [0, 0.05) is 17.7 Å². The van der Waals surface area contributed by atoms with Gasteiger partial charge in [0.05, 0.1) is 30.0 Å². The molecule has 1 N–H and O–H groups in total. The number of ether oxygens (including phenoxy) is 1. The summed E-state index contributed by atoms with van der Waals surface area (Å²) in [5, 5.41) is 13.9. The number of amides is 1. The van der Waals surface area contributed by atoms with Gasteiger partial charge in [-0.15, -0.1) is 0 Å². The Labute approximate surface area is 175 Å². The Morgan fingerprint density at radius 1 is 1.20 bits per heavy atom. The lowest BCUT2D eigenvalue weighted by Gasteiger charge is -2.30. The number of aryl methyl sites for hydroxylation is 1. The highest BCUT2D eigenvalue weighted by molar-refractivity contribution is 7.92. The Kier molecular flexibility index (Phi) is 7.04. The van der Waals surface area contributed by atoms with Gasteiger partial charge in [-0.3, -0.25) is 19.2 Å². The highest BCUT2D eigenvalue weighted by atomic mass is 32.2. The maximum atomic E-state index is 12.9. The van der Waals surface area contributed by atoms with Crippen molar-refractivity contribution in [3.63, 3.8) is 0 Å². The molecule has 0 fully saturated rings. The molecule has 9 nitrogen and oxygen atoms in total. The number of hydrogen-bond acceptors (Lipinski definition) is 6. The maximum Gasteiger partial charge on any atom is 0.271 e. The third-order valence-corrected chi connectivity index (χ3v) is 5.92. The second-order valence-corrected chi connectivity index (χ2v) is 8.79. The number of para-hydroxylation sites is 1. The first-order chi connectivity index (χ1) is 14.0. The first-order valence-electron chi connectivity index (χ1n) is 9.15. The molecule has 1 amide bonds. The lowest BCUT2D eigenvalue weighted by Crippen LogP contribution is -2.48. The third kappa shape index (κ3) is 5.07. The van der Waals surface area contributed by atoms with Gasteiger partial charge in [0.15, 0.2) is 0 Å². The van der Waals surface area contributed by atoms with E-state index in [4.69, 9.17) is 4.74 Å². The van der Waals surface area contributed by atoms with Crippen LogP contribution in [0.4, 0.5) is 11.4 Å². The van der Waals surface area contributed by atoms with E-state index < -0.39 is 32.9 Å². The van der Waals surface area contributed by atoms with Crippen molar-refractivity contribution < 1.29 is 22.9 Å². The molecule has 0 aliphatic heterocycles. The minimum atomic E-state index is -3.92. The van der Waals surface area contributed by atoms with Crippen LogP contribution in [0.25, 0.3) is 0 Å². The van der Waals surface area contributed by atoms with Crippen LogP contribution in [0.1, 0.15) is 31.0 Å². The van der Waals surface area contributed by atoms with Crippen molar-refractivity contribution in [1.82, 2.24) is 5.32 Å². The predicted octanol–water partition coefficient (Wildman–Crippen LogP) is 2.94. The van der Waals surface area contributed by atoms with E-state index in [0.717, 1.165) is 22.2 Å². The number of non-ortho nitro benzene ring substituents is 1. The van der Waals surface area contributed by atoms with E-state index in [2.05, 4.69) is 5.32 Å². The molecule has 10 heteroatoms. The Bertz CT molecular complexity index is 1050. The molecule has 2 rings (SSSR count). The summed E-state index contributed by atoms with van der Waals surface area (Å²) in [7, 11) is -2.39. The number of benzene rings is 2. The molecule has 2 aromatic rings. The van der Waals surface area contributed by atoms with Gasteiger partial charge in [-0.2, -0.15) is 0 Å². The van der Waals surface area contributed by atoms with Gasteiger partial charge in [0.25, 0.3) is 5.69 Å². The number of sulfonamides is 1. The average molecular weight is 436 g/mol. The van der Waals surface area contributed by atoms with E-state index in [1.165, 1.54) is 26.2 Å². The van der Waals surface area contributed by atoms with E-state index in [1.807, 2.05) is 0 Å². The van der Waals surface area contributed by atoms with Crippen molar-refractivity contribution in [2.45, 2.75) is 32.9 Å². The summed E-state index contributed by atoms with van der Waals surface area (Å²) in [6, 6.07) is 9.46. The monoisotopic (exact) mass is 435 g/mol. The summed E-state index contributed by atoms with van der Waals surface area (Å²) in [6.45, 7) is 4.81. The molecule has 0 heterocycles. The minimum absolute atomic E-state index is 0.0827. The van der Waals surface area contributed by atoms with Crippen molar-refractivity contribution in [3.8, 4) is 5.75 Å². The Morgan fingerprint density at radius 2 is 1.83 bits per heavy atom. The zero-order valence-electron chi connectivity index (χ0n) is 17.4. The molecule has 162 valence electrons. The van der Waals surface area contributed by atoms with Crippen LogP contribution in [-0.2, 0) is 14.8 Å². The van der Waals surface area contributed by atoms with Crippen molar-refractivity contribution in [3.05, 3.63) is 63.7 Å². The molecule has 0 saturated carbocycles. The molecular formula is C20H25N3O6S. The predicted molar refractivity (Wildman–Crippen MR) is 114 cm³/mol. The van der Waals surface area contributed by atoms with Crippen LogP contribution in [0.15, 0.2) is 42.5 Å². The summed E-state index contributed by atoms with van der Waals surface area (Å²) in [4.78, 5) is 23.5. The molecule has 2 atom stereocenters. The van der Waals surface area contributed by atoms with Crippen LogP contribution in [0.5, 0.6) is 5.75 Å². The van der Waals surface area contributed by atoms with E-state index in [-0.39, 0.29) is 11.4 Å². The quantitative estimate of drug-likeness (QED) is 0.503. The van der Waals surface area contributed by atoms with Gasteiger partial charge in [-0.05, 0) is 32.4 Å². The lowest BCUT2D eigenvalue weighted by atomic mass is 10.1. The summed E-state index contributed by atoms with van der Waals surface area (Å²) in [5.41, 5.74) is 1.04. The molecule has 0 aromatic heterocycles. The fourth-order valence-electron chi connectivity index (χ4n) is 3.17. The first kappa shape index (κ1) is 23.1. The Morgan fingerprint density at radius 3 is 2.40 bits per heavy atom. The van der Waals surface area contributed by atoms with Gasteiger partial charge in [-0.1, -0.05) is 24.3 Å². The van der Waals surface area contributed by atoms with Gasteiger partial charge in [0.1, 0.15) is 11.8 Å². The number of carbonyl (C=O) groups excluding carboxylic acids is 1. The van der Waals surface area contributed by atoms with Crippen molar-refractivity contribution >= 4 is 27.3 Å². The number of nitrogens with zero attached hydrogens (tertiary/aromatic N) is 2. The normalized spacial score (nSPS) is 13.2. The second kappa shape index (κ2) is 9.12. The van der Waals surface area contributed by atoms with Gasteiger partial charge < -0.3 is 10.1 Å². The Balaban J connectivity index is 2.39. The van der Waals surface area contributed by atoms with Crippen LogP contribution in [0, 0.1) is 17.0 Å². The second-order valence-electron chi connectivity index (χ2n) is 6.93. The third-order valence-electron chi connectivity index (χ3n) is 4.69. The maximum absolute atomic E-state index is 12.9. The molecule has 0 saturated heterocycles. The summed E-state index contributed by atoms with van der Waals surface area (Å²) in [5.74, 6) is 0.0391. The topological polar surface area (TPSA) is 119 Å². The zero-order valence-corrected chi connectivity index (χ0v) is 18.3. The zero-order chi connectivity index (χ0) is 22.6. The molecule has 30 heavy (non-hydrogen) atoms. The number of nitro groups is 1. The smallest absolute Gasteiger partial charge is 0.271 e. The van der Waals surface area contributed by atoms with Crippen molar-refractivity contribution in [2.75, 3.05) is 17.7 Å². The van der Waals surface area contributed by atoms with Gasteiger partial charge in [-0.25, -0.2) is 8.42 Å². The molecular weight excluding hydrogens is 410 g/mol. The van der Waals surface area contributed by atoms with Gasteiger partial charge in [0.2, 0.25) is 15.9 Å².